The van der Waals surface area contributed by atoms with E-state index in [0.717, 1.165) is 57.8 Å². The van der Waals surface area contributed by atoms with Gasteiger partial charge in [0.2, 0.25) is 11.9 Å². The van der Waals surface area contributed by atoms with E-state index in [9.17, 15) is 9.90 Å². The second-order valence-electron chi connectivity index (χ2n) is 9.11. The van der Waals surface area contributed by atoms with E-state index in [-0.39, 0.29) is 24.3 Å². The summed E-state index contributed by atoms with van der Waals surface area (Å²) < 4.78 is 7.34. The minimum atomic E-state index is -0.466. The first-order valence-corrected chi connectivity index (χ1v) is 12.7. The van der Waals surface area contributed by atoms with Gasteiger partial charge < -0.3 is 20.9 Å². The molecule has 5 rings (SSSR count). The molecule has 3 aromatic heterocycles. The number of nitrogens with one attached hydrogen (secondary N) is 1. The number of methoxy groups -OCH3 is 1. The van der Waals surface area contributed by atoms with Crippen LogP contribution in [0.25, 0.3) is 17.1 Å². The van der Waals surface area contributed by atoms with Crippen molar-refractivity contribution in [1.29, 1.82) is 0 Å². The van der Waals surface area contributed by atoms with Crippen molar-refractivity contribution in [1.82, 2.24) is 30.0 Å². The van der Waals surface area contributed by atoms with Gasteiger partial charge in [-0.3, -0.25) is 9.78 Å². The Labute approximate surface area is 207 Å². The second-order valence-corrected chi connectivity index (χ2v) is 10.1. The first-order valence-electron chi connectivity index (χ1n) is 11.7. The summed E-state index contributed by atoms with van der Waals surface area (Å²) >= 11 is 1.52. The van der Waals surface area contributed by atoms with Crippen molar-refractivity contribution >= 4 is 40.7 Å². The van der Waals surface area contributed by atoms with E-state index in [1.54, 1.807) is 18.0 Å². The number of ether oxygens (including phenoxy) is 1. The van der Waals surface area contributed by atoms with Gasteiger partial charge in [0, 0.05) is 29.5 Å². The Morgan fingerprint density at radius 2 is 2.17 bits per heavy atom. The molecule has 1 saturated carbocycles. The summed E-state index contributed by atoms with van der Waals surface area (Å²) in [5.41, 5.74) is 11.1. The van der Waals surface area contributed by atoms with Crippen molar-refractivity contribution in [3.05, 3.63) is 34.3 Å². The van der Waals surface area contributed by atoms with Crippen molar-refractivity contribution in [2.45, 2.75) is 63.2 Å². The summed E-state index contributed by atoms with van der Waals surface area (Å²) in [7, 11) is 1.65. The number of aryl methyl sites for hydroxylation is 1. The molecule has 2 atom stereocenters. The highest BCUT2D eigenvalue weighted by molar-refractivity contribution is 7.99. The number of thioether (sulfide) groups is 1. The summed E-state index contributed by atoms with van der Waals surface area (Å²) in [6.07, 6.45) is 5.97. The Kier molecular flexibility index (Phi) is 6.37. The summed E-state index contributed by atoms with van der Waals surface area (Å²) in [6.45, 7) is 4.33. The average molecular weight is 496 g/mol. The van der Waals surface area contributed by atoms with Crippen LogP contribution in [0.5, 0.6) is 5.75 Å². The molecule has 0 spiro atoms. The van der Waals surface area contributed by atoms with Gasteiger partial charge in [-0.2, -0.15) is 10.1 Å². The Morgan fingerprint density at radius 3 is 2.91 bits per heavy atom. The number of nitrogens with zero attached hydrogens (tertiary/aromatic N) is 5. The molecule has 1 amide bonds. The highest BCUT2D eigenvalue weighted by Crippen LogP contribution is 2.36. The van der Waals surface area contributed by atoms with Crippen molar-refractivity contribution in [2.24, 2.45) is 0 Å². The van der Waals surface area contributed by atoms with Crippen LogP contribution in [0.2, 0.25) is 0 Å². The molecule has 1 aliphatic heterocycles. The van der Waals surface area contributed by atoms with Crippen LogP contribution in [0.15, 0.2) is 16.8 Å². The molecule has 1 fully saturated rings. The van der Waals surface area contributed by atoms with Crippen LogP contribution in [0, 0.1) is 13.8 Å². The first kappa shape index (κ1) is 23.6. The molecule has 1 aliphatic carbocycles. The number of rotatable bonds is 6. The van der Waals surface area contributed by atoms with E-state index in [2.05, 4.69) is 20.3 Å². The van der Waals surface area contributed by atoms with Gasteiger partial charge >= 0.3 is 0 Å². The van der Waals surface area contributed by atoms with E-state index in [1.165, 1.54) is 11.8 Å². The number of carbonyl (C=O) groups excluding carboxylic acids is 1. The maximum Gasteiger partial charge on any atom is 0.224 e. The number of aliphatic hydroxyl groups is 1. The van der Waals surface area contributed by atoms with E-state index < -0.39 is 6.10 Å². The standard InChI is InChI=1S/C24H29N7O3S/c1-12-9-26-17(13(2)21(12)34-3)10-31-22-20-16(30-31)7-14(11-35-23(20)29-24(25)28-22)8-19(33)27-15-5-4-6-18(15)32/h7,9,15,18,32H,4-6,8,10-11H2,1-3H3,(H,27,33)(H2,25,28,29)/t15?,18-/m1/s1. The van der Waals surface area contributed by atoms with Crippen molar-refractivity contribution < 1.29 is 14.6 Å². The molecular formula is C24H29N7O3S. The Hall–Kier alpha value is -3.18. The Bertz CT molecular complexity index is 1340. The molecule has 0 radical (unpaired) electrons. The van der Waals surface area contributed by atoms with Crippen molar-refractivity contribution in [3.63, 3.8) is 0 Å². The zero-order valence-electron chi connectivity index (χ0n) is 20.0. The fraction of sp³-hybridized carbons (Fsp3) is 0.458. The van der Waals surface area contributed by atoms with E-state index >= 15 is 0 Å². The van der Waals surface area contributed by atoms with Gasteiger partial charge in [0.15, 0.2) is 5.65 Å². The van der Waals surface area contributed by atoms with E-state index in [0.29, 0.717) is 23.6 Å². The number of hydrogen-bond donors (Lipinski definition) is 3. The van der Waals surface area contributed by atoms with Crippen LogP contribution < -0.4 is 15.8 Å². The van der Waals surface area contributed by atoms with Crippen LogP contribution in [0.4, 0.5) is 5.95 Å². The highest BCUT2D eigenvalue weighted by Gasteiger charge is 2.27. The lowest BCUT2D eigenvalue weighted by Gasteiger charge is -2.16. The third-order valence-electron chi connectivity index (χ3n) is 6.60. The summed E-state index contributed by atoms with van der Waals surface area (Å²) in [5, 5.41) is 19.4. The molecule has 2 aliphatic rings. The van der Waals surface area contributed by atoms with E-state index in [4.69, 9.17) is 15.6 Å². The molecule has 184 valence electrons. The molecule has 0 aromatic carbocycles. The number of carbonyl (C=O) groups is 1. The molecule has 0 saturated heterocycles. The maximum absolute atomic E-state index is 12.7. The summed E-state index contributed by atoms with van der Waals surface area (Å²) in [6, 6.07) is -0.169. The SMILES string of the molecule is COc1c(C)cnc(Cn2nc3c4c(nc(N)nc42)SCC(CC(=O)NC2CCC[C@H]2O)=C3)c1C. The van der Waals surface area contributed by atoms with Gasteiger partial charge in [-0.05, 0) is 44.8 Å². The third kappa shape index (κ3) is 4.57. The average Bonchev–Trinajstić information content (AvgIpc) is 3.31. The maximum atomic E-state index is 12.7. The van der Waals surface area contributed by atoms with Gasteiger partial charge in [0.25, 0.3) is 0 Å². The van der Waals surface area contributed by atoms with Crippen LogP contribution in [-0.4, -0.2) is 60.8 Å². The predicted molar refractivity (Wildman–Crippen MR) is 134 cm³/mol. The fourth-order valence-electron chi connectivity index (χ4n) is 4.84. The van der Waals surface area contributed by atoms with Gasteiger partial charge in [-0.25, -0.2) is 9.67 Å². The Morgan fingerprint density at radius 1 is 1.34 bits per heavy atom. The third-order valence-corrected chi connectivity index (χ3v) is 7.68. The zero-order chi connectivity index (χ0) is 24.7. The fourth-order valence-corrected chi connectivity index (χ4v) is 5.85. The molecule has 1 unspecified atom stereocenters. The molecule has 4 N–H and O–H groups in total. The highest BCUT2D eigenvalue weighted by atomic mass is 32.2. The number of amides is 1. The van der Waals surface area contributed by atoms with E-state index in [1.807, 2.05) is 19.9 Å². The minimum absolute atomic E-state index is 0.0957. The quantitative estimate of drug-likeness (QED) is 0.440. The predicted octanol–water partition coefficient (Wildman–Crippen LogP) is 2.39. The van der Waals surface area contributed by atoms with Crippen molar-refractivity contribution in [3.8, 4) is 5.75 Å². The number of anilines is 1. The lowest BCUT2D eigenvalue weighted by Crippen LogP contribution is -2.39. The largest absolute Gasteiger partial charge is 0.496 e. The van der Waals surface area contributed by atoms with Gasteiger partial charge in [0.05, 0.1) is 42.6 Å². The Balaban J connectivity index is 1.47. The number of aromatic nitrogens is 5. The first-order chi connectivity index (χ1) is 16.8. The molecule has 3 aromatic rings. The van der Waals surface area contributed by atoms with Gasteiger partial charge in [0.1, 0.15) is 10.8 Å². The topological polar surface area (TPSA) is 141 Å². The second kappa shape index (κ2) is 9.46. The number of aliphatic hydroxyl groups excluding tert-OH is 1. The zero-order valence-corrected chi connectivity index (χ0v) is 20.9. The normalized spacial score (nSPS) is 19.5. The monoisotopic (exact) mass is 495 g/mol. The molecule has 11 heteroatoms. The lowest BCUT2D eigenvalue weighted by molar-refractivity contribution is -0.121. The molecule has 4 heterocycles. The van der Waals surface area contributed by atoms with Crippen molar-refractivity contribution in [2.75, 3.05) is 18.6 Å². The smallest absolute Gasteiger partial charge is 0.224 e. The minimum Gasteiger partial charge on any atom is -0.496 e. The number of pyridine rings is 1. The summed E-state index contributed by atoms with van der Waals surface area (Å²) in [5.74, 6) is 1.48. The summed E-state index contributed by atoms with van der Waals surface area (Å²) in [4.78, 5) is 26.2. The molecule has 0 bridgehead atoms. The number of hydrogen-bond acceptors (Lipinski definition) is 9. The number of nitrogens with two attached hydrogens (primary N) is 1. The van der Waals surface area contributed by atoms with Crippen LogP contribution >= 0.6 is 11.8 Å². The molecular weight excluding hydrogens is 466 g/mol. The lowest BCUT2D eigenvalue weighted by atomic mass is 10.1. The van der Waals surface area contributed by atoms with Gasteiger partial charge in [-0.1, -0.05) is 0 Å². The molecule has 10 nitrogen and oxygen atoms in total. The van der Waals surface area contributed by atoms with Crippen LogP contribution in [-0.2, 0) is 11.3 Å². The van der Waals surface area contributed by atoms with Crippen LogP contribution in [0.1, 0.15) is 48.2 Å². The number of nitrogen functional groups attached to an aromatic ring is 1. The van der Waals surface area contributed by atoms with Gasteiger partial charge in [-0.15, -0.1) is 11.8 Å². The molecule has 35 heavy (non-hydrogen) atoms. The van der Waals surface area contributed by atoms with Crippen LogP contribution in [0.3, 0.4) is 0 Å².